The summed E-state index contributed by atoms with van der Waals surface area (Å²) < 4.78 is 10.6. The first kappa shape index (κ1) is 14.8. The van der Waals surface area contributed by atoms with E-state index in [0.717, 1.165) is 24.1 Å². The zero-order valence-electron chi connectivity index (χ0n) is 13.7. The molecule has 0 amide bonds. The van der Waals surface area contributed by atoms with Gasteiger partial charge in [0.1, 0.15) is 0 Å². The summed E-state index contributed by atoms with van der Waals surface area (Å²) in [6.45, 7) is 0. The Morgan fingerprint density at radius 3 is 2.50 bits per heavy atom. The third-order valence-corrected chi connectivity index (χ3v) is 4.97. The third-order valence-electron chi connectivity index (χ3n) is 4.97. The maximum Gasteiger partial charge on any atom is 0.200 e. The van der Waals surface area contributed by atoms with Gasteiger partial charge in [-0.25, -0.2) is 0 Å². The zero-order chi connectivity index (χ0) is 16.7. The lowest BCUT2D eigenvalue weighted by Crippen LogP contribution is -2.24. The van der Waals surface area contributed by atoms with Crippen molar-refractivity contribution in [1.82, 2.24) is 0 Å². The average molecular weight is 321 g/mol. The maximum absolute atomic E-state index is 10.2. The number of methoxy groups -OCH3 is 2. The first-order valence-electron chi connectivity index (χ1n) is 8.00. The van der Waals surface area contributed by atoms with Gasteiger partial charge in [-0.1, -0.05) is 24.3 Å². The van der Waals surface area contributed by atoms with E-state index in [4.69, 9.17) is 9.47 Å². The van der Waals surface area contributed by atoms with Gasteiger partial charge in [-0.05, 0) is 47.7 Å². The Morgan fingerprint density at radius 1 is 1.08 bits per heavy atom. The molecule has 0 saturated carbocycles. The van der Waals surface area contributed by atoms with Crippen molar-refractivity contribution in [3.05, 3.63) is 53.6 Å². The summed E-state index contributed by atoms with van der Waals surface area (Å²) in [5, 5.41) is 10.2. The molecule has 4 rings (SSSR count). The second-order valence-electron chi connectivity index (χ2n) is 6.13. The molecule has 4 nitrogen and oxygen atoms in total. The van der Waals surface area contributed by atoms with Crippen molar-refractivity contribution in [1.29, 1.82) is 0 Å². The van der Waals surface area contributed by atoms with Crippen LogP contribution in [-0.4, -0.2) is 25.5 Å². The van der Waals surface area contributed by atoms with E-state index in [1.165, 1.54) is 11.1 Å². The molecule has 1 spiro atoms. The average Bonchev–Trinajstić information content (AvgIpc) is 3.21. The lowest BCUT2D eigenvalue weighted by molar-refractivity contribution is 0.339. The molecule has 2 aromatic carbocycles. The van der Waals surface area contributed by atoms with E-state index < -0.39 is 0 Å². The van der Waals surface area contributed by atoms with Crippen molar-refractivity contribution in [3.8, 4) is 17.2 Å². The van der Waals surface area contributed by atoms with Crippen LogP contribution < -0.4 is 9.47 Å². The Labute approximate surface area is 141 Å². The van der Waals surface area contributed by atoms with Gasteiger partial charge in [0.05, 0.1) is 25.3 Å². The molecular formula is C20H19NO3. The summed E-state index contributed by atoms with van der Waals surface area (Å²) in [5.41, 5.74) is 4.24. The Balaban J connectivity index is 1.88. The second-order valence-corrected chi connectivity index (χ2v) is 6.13. The number of allylic oxidation sites excluding steroid dienone is 2. The number of nitrogens with zero attached hydrogens (tertiary/aromatic N) is 1. The molecule has 2 aromatic rings. The number of rotatable bonds is 3. The van der Waals surface area contributed by atoms with Gasteiger partial charge >= 0.3 is 0 Å². The number of aliphatic imine (C=N–C) groups is 1. The Kier molecular flexibility index (Phi) is 3.34. The van der Waals surface area contributed by atoms with Gasteiger partial charge in [0.15, 0.2) is 11.5 Å². The van der Waals surface area contributed by atoms with Crippen LogP contribution in [0.4, 0.5) is 5.69 Å². The number of ether oxygens (including phenoxy) is 2. The summed E-state index contributed by atoms with van der Waals surface area (Å²) in [6.07, 6.45) is 6.29. The van der Waals surface area contributed by atoms with E-state index in [-0.39, 0.29) is 11.2 Å². The van der Waals surface area contributed by atoms with Crippen LogP contribution in [0, 0.1) is 0 Å². The zero-order valence-corrected chi connectivity index (χ0v) is 13.7. The number of benzene rings is 2. The normalized spacial score (nSPS) is 21.0. The SMILES string of the molecule is COc1cc(C2=CCC[C@]23C=Nc2ccccc23)cc(OC)c1O. The number of phenolic OH excluding ortho intramolecular Hbond substituents is 1. The minimum Gasteiger partial charge on any atom is -0.502 e. The molecule has 0 unspecified atom stereocenters. The highest BCUT2D eigenvalue weighted by atomic mass is 16.5. The Morgan fingerprint density at radius 2 is 1.79 bits per heavy atom. The van der Waals surface area contributed by atoms with Crippen LogP contribution >= 0.6 is 0 Å². The number of hydrogen-bond acceptors (Lipinski definition) is 4. The van der Waals surface area contributed by atoms with Crippen molar-refractivity contribution in [2.45, 2.75) is 18.3 Å². The highest BCUT2D eigenvalue weighted by Crippen LogP contribution is 2.53. The minimum atomic E-state index is -0.205. The van der Waals surface area contributed by atoms with Crippen LogP contribution in [0.5, 0.6) is 17.2 Å². The first-order chi connectivity index (χ1) is 11.7. The quantitative estimate of drug-likeness (QED) is 0.920. The van der Waals surface area contributed by atoms with Gasteiger partial charge in [0.2, 0.25) is 5.75 Å². The van der Waals surface area contributed by atoms with Crippen LogP contribution in [0.2, 0.25) is 0 Å². The fraction of sp³-hybridized carbons (Fsp3) is 0.250. The summed E-state index contributed by atoms with van der Waals surface area (Å²) in [7, 11) is 3.09. The number of phenols is 1. The topological polar surface area (TPSA) is 51.0 Å². The molecule has 0 fully saturated rings. The molecule has 1 heterocycles. The third kappa shape index (κ3) is 1.96. The Bertz CT molecular complexity index is 844. The van der Waals surface area contributed by atoms with E-state index in [1.54, 1.807) is 14.2 Å². The summed E-state index contributed by atoms with van der Waals surface area (Å²) >= 11 is 0. The highest BCUT2D eigenvalue weighted by Gasteiger charge is 2.42. The van der Waals surface area contributed by atoms with Gasteiger partial charge in [0.25, 0.3) is 0 Å². The number of fused-ring (bicyclic) bond motifs is 2. The number of aromatic hydroxyl groups is 1. The molecule has 0 radical (unpaired) electrons. The Hall–Kier alpha value is -2.75. The molecule has 122 valence electrons. The largest absolute Gasteiger partial charge is 0.502 e. The number of hydrogen-bond donors (Lipinski definition) is 1. The molecule has 0 saturated heterocycles. The van der Waals surface area contributed by atoms with Crippen molar-refractivity contribution in [3.63, 3.8) is 0 Å². The summed E-state index contributed by atoms with van der Waals surface area (Å²) in [6, 6.07) is 12.0. The molecule has 1 aliphatic carbocycles. The molecule has 0 bridgehead atoms. The molecule has 1 atom stereocenters. The lowest BCUT2D eigenvalue weighted by atomic mass is 9.74. The monoisotopic (exact) mass is 321 g/mol. The van der Waals surface area contributed by atoms with E-state index in [2.05, 4.69) is 35.5 Å². The molecule has 1 aliphatic heterocycles. The van der Waals surface area contributed by atoms with Crippen molar-refractivity contribution < 1.29 is 14.6 Å². The highest BCUT2D eigenvalue weighted by molar-refractivity contribution is 6.01. The van der Waals surface area contributed by atoms with Gasteiger partial charge in [-0.2, -0.15) is 0 Å². The molecule has 24 heavy (non-hydrogen) atoms. The van der Waals surface area contributed by atoms with Crippen LogP contribution in [0.15, 0.2) is 47.5 Å². The fourth-order valence-electron chi connectivity index (χ4n) is 3.81. The molecular weight excluding hydrogens is 302 g/mol. The molecule has 2 aliphatic rings. The van der Waals surface area contributed by atoms with Crippen molar-refractivity contribution >= 4 is 17.5 Å². The molecule has 4 heteroatoms. The summed E-state index contributed by atoms with van der Waals surface area (Å²) in [5.74, 6) is 0.850. The maximum atomic E-state index is 10.2. The standard InChI is InChI=1S/C20H19NO3/c1-23-17-10-13(11-18(24-2)19(17)22)14-7-5-9-20(14)12-21-16-8-4-3-6-15(16)20/h3-4,6-8,10-12,22H,5,9H2,1-2H3/t20-/m0/s1. The summed E-state index contributed by atoms with van der Waals surface area (Å²) in [4.78, 5) is 4.64. The lowest BCUT2D eigenvalue weighted by Gasteiger charge is -2.27. The smallest absolute Gasteiger partial charge is 0.200 e. The van der Waals surface area contributed by atoms with Crippen LogP contribution in [-0.2, 0) is 5.41 Å². The van der Waals surface area contributed by atoms with Gasteiger partial charge in [-0.3, -0.25) is 4.99 Å². The van der Waals surface area contributed by atoms with Crippen LogP contribution in [0.3, 0.4) is 0 Å². The van der Waals surface area contributed by atoms with Gasteiger partial charge < -0.3 is 14.6 Å². The first-order valence-corrected chi connectivity index (χ1v) is 8.00. The molecule has 1 N–H and O–H groups in total. The van der Waals surface area contributed by atoms with Crippen LogP contribution in [0.1, 0.15) is 24.0 Å². The van der Waals surface area contributed by atoms with Gasteiger partial charge in [-0.15, -0.1) is 0 Å². The van der Waals surface area contributed by atoms with Crippen LogP contribution in [0.25, 0.3) is 5.57 Å². The van der Waals surface area contributed by atoms with E-state index in [9.17, 15) is 5.11 Å². The second kappa shape index (κ2) is 5.41. The predicted octanol–water partition coefficient (Wildman–Crippen LogP) is 4.24. The fourth-order valence-corrected chi connectivity index (χ4v) is 3.81. The molecule has 0 aromatic heterocycles. The van der Waals surface area contributed by atoms with Gasteiger partial charge in [0, 0.05) is 6.21 Å². The van der Waals surface area contributed by atoms with E-state index >= 15 is 0 Å². The number of para-hydroxylation sites is 1. The van der Waals surface area contributed by atoms with Crippen molar-refractivity contribution in [2.75, 3.05) is 14.2 Å². The van der Waals surface area contributed by atoms with E-state index in [1.807, 2.05) is 18.2 Å². The van der Waals surface area contributed by atoms with Crippen molar-refractivity contribution in [2.24, 2.45) is 4.99 Å². The minimum absolute atomic E-state index is 0.0249. The van der Waals surface area contributed by atoms with E-state index in [0.29, 0.717) is 11.5 Å². The predicted molar refractivity (Wildman–Crippen MR) is 94.7 cm³/mol.